The monoisotopic (exact) mass is 323 g/mol. The molecule has 1 unspecified atom stereocenters. The largest absolute Gasteiger partial charge is 0.370 e. The number of anilines is 2. The van der Waals surface area contributed by atoms with Crippen LogP contribution in [0.5, 0.6) is 0 Å². The average molecular weight is 323 g/mol. The quantitative estimate of drug-likeness (QED) is 0.893. The number of benzene rings is 1. The van der Waals surface area contributed by atoms with Gasteiger partial charge in [0.05, 0.1) is 17.1 Å². The summed E-state index contributed by atoms with van der Waals surface area (Å²) in [5.41, 5.74) is 1.94. The molecule has 0 aliphatic carbocycles. The van der Waals surface area contributed by atoms with Crippen LogP contribution in [0.2, 0.25) is 0 Å². The number of nitrogens with two attached hydrogens (primary N) is 1. The predicted octanol–water partition coefficient (Wildman–Crippen LogP) is 0.928. The summed E-state index contributed by atoms with van der Waals surface area (Å²) in [6.45, 7) is 2.42. The smallest absolute Gasteiger partial charge is 0.227 e. The average Bonchev–Trinajstić information content (AvgIpc) is 3.07. The van der Waals surface area contributed by atoms with Gasteiger partial charge in [-0.05, 0) is 25.0 Å². The molecule has 2 aliphatic rings. The first-order chi connectivity index (χ1) is 10.4. The summed E-state index contributed by atoms with van der Waals surface area (Å²) >= 11 is 0. The van der Waals surface area contributed by atoms with Gasteiger partial charge in [-0.3, -0.25) is 4.79 Å². The van der Waals surface area contributed by atoms with E-state index in [4.69, 9.17) is 5.14 Å². The zero-order valence-electron chi connectivity index (χ0n) is 12.4. The van der Waals surface area contributed by atoms with Gasteiger partial charge >= 0.3 is 0 Å². The zero-order chi connectivity index (χ0) is 15.7. The molecule has 1 aromatic rings. The molecule has 2 N–H and O–H groups in total. The first-order valence-corrected chi connectivity index (χ1v) is 9.30. The summed E-state index contributed by atoms with van der Waals surface area (Å²) in [7, 11) is -3.55. The molecular formula is C15H21N3O3S. The fourth-order valence-corrected chi connectivity index (χ4v) is 4.25. The van der Waals surface area contributed by atoms with Crippen LogP contribution in [-0.4, -0.2) is 39.7 Å². The third-order valence-electron chi connectivity index (χ3n) is 4.29. The van der Waals surface area contributed by atoms with E-state index in [0.29, 0.717) is 6.54 Å². The van der Waals surface area contributed by atoms with Crippen molar-refractivity contribution in [1.82, 2.24) is 0 Å². The molecular weight excluding hydrogens is 302 g/mol. The van der Waals surface area contributed by atoms with E-state index >= 15 is 0 Å². The van der Waals surface area contributed by atoms with E-state index in [1.807, 2.05) is 24.3 Å². The van der Waals surface area contributed by atoms with Gasteiger partial charge in [0.15, 0.2) is 0 Å². The number of carbonyl (C=O) groups is 1. The Morgan fingerprint density at radius 3 is 2.41 bits per heavy atom. The molecule has 3 rings (SSSR count). The highest BCUT2D eigenvalue weighted by Gasteiger charge is 2.34. The molecule has 0 radical (unpaired) electrons. The van der Waals surface area contributed by atoms with E-state index < -0.39 is 10.0 Å². The van der Waals surface area contributed by atoms with Crippen molar-refractivity contribution >= 4 is 27.3 Å². The third-order valence-corrected chi connectivity index (χ3v) is 5.23. The fourth-order valence-electron chi connectivity index (χ4n) is 3.37. The summed E-state index contributed by atoms with van der Waals surface area (Å²) in [5.74, 6) is -0.393. The number of para-hydroxylation sites is 2. The molecule has 1 atom stereocenters. The van der Waals surface area contributed by atoms with Gasteiger partial charge in [0.25, 0.3) is 0 Å². The molecule has 0 bridgehead atoms. The van der Waals surface area contributed by atoms with E-state index in [2.05, 4.69) is 4.90 Å². The van der Waals surface area contributed by atoms with Crippen LogP contribution in [-0.2, 0) is 14.8 Å². The SMILES string of the molecule is NS(=O)(=O)CC1CC(=O)N(c2ccccc2N2CCCC2)C1. The topological polar surface area (TPSA) is 83.7 Å². The van der Waals surface area contributed by atoms with Gasteiger partial charge in [-0.15, -0.1) is 0 Å². The van der Waals surface area contributed by atoms with Crippen molar-refractivity contribution in [3.63, 3.8) is 0 Å². The normalized spacial score (nSPS) is 22.6. The summed E-state index contributed by atoms with van der Waals surface area (Å²) in [6, 6.07) is 7.85. The highest BCUT2D eigenvalue weighted by Crippen LogP contribution is 2.35. The van der Waals surface area contributed by atoms with Crippen LogP contribution in [0.15, 0.2) is 24.3 Å². The third kappa shape index (κ3) is 3.25. The first-order valence-electron chi connectivity index (χ1n) is 7.59. The fraction of sp³-hybridized carbons (Fsp3) is 0.533. The van der Waals surface area contributed by atoms with Crippen LogP contribution in [0.3, 0.4) is 0 Å². The lowest BCUT2D eigenvalue weighted by atomic mass is 10.1. The Morgan fingerprint density at radius 2 is 1.77 bits per heavy atom. The molecule has 22 heavy (non-hydrogen) atoms. The van der Waals surface area contributed by atoms with Crippen LogP contribution in [0.4, 0.5) is 11.4 Å². The Balaban J connectivity index is 1.84. The summed E-state index contributed by atoms with van der Waals surface area (Å²) in [6.07, 6.45) is 2.57. The van der Waals surface area contributed by atoms with Gasteiger partial charge in [-0.1, -0.05) is 12.1 Å². The minimum atomic E-state index is -3.55. The maximum absolute atomic E-state index is 12.3. The van der Waals surface area contributed by atoms with E-state index in [1.165, 1.54) is 0 Å². The minimum absolute atomic E-state index is 0.0275. The van der Waals surface area contributed by atoms with E-state index in [0.717, 1.165) is 37.3 Å². The van der Waals surface area contributed by atoms with Gasteiger partial charge in [0, 0.05) is 32.0 Å². The highest BCUT2D eigenvalue weighted by molar-refractivity contribution is 7.89. The molecule has 7 heteroatoms. The molecule has 2 fully saturated rings. The Labute approximate surface area is 130 Å². The lowest BCUT2D eigenvalue weighted by Crippen LogP contribution is -2.29. The lowest BCUT2D eigenvalue weighted by molar-refractivity contribution is -0.117. The van der Waals surface area contributed by atoms with Crippen LogP contribution in [0.1, 0.15) is 19.3 Å². The van der Waals surface area contributed by atoms with Gasteiger partial charge in [0.1, 0.15) is 0 Å². The molecule has 0 saturated carbocycles. The number of hydrogen-bond donors (Lipinski definition) is 1. The molecule has 120 valence electrons. The zero-order valence-corrected chi connectivity index (χ0v) is 13.3. The molecule has 1 amide bonds. The van der Waals surface area contributed by atoms with E-state index in [1.54, 1.807) is 4.90 Å². The Kier molecular flexibility index (Phi) is 4.10. The van der Waals surface area contributed by atoms with Crippen LogP contribution in [0.25, 0.3) is 0 Å². The number of nitrogens with zero attached hydrogens (tertiary/aromatic N) is 2. The van der Waals surface area contributed by atoms with Gasteiger partial charge in [-0.2, -0.15) is 0 Å². The number of carbonyl (C=O) groups excluding carboxylic acids is 1. The van der Waals surface area contributed by atoms with Crippen molar-refractivity contribution in [2.45, 2.75) is 19.3 Å². The molecule has 0 spiro atoms. The van der Waals surface area contributed by atoms with E-state index in [-0.39, 0.29) is 24.0 Å². The van der Waals surface area contributed by atoms with E-state index in [9.17, 15) is 13.2 Å². The van der Waals surface area contributed by atoms with Crippen LogP contribution >= 0.6 is 0 Å². The molecule has 2 aliphatic heterocycles. The number of hydrogen-bond acceptors (Lipinski definition) is 4. The van der Waals surface area contributed by atoms with Crippen molar-refractivity contribution in [3.05, 3.63) is 24.3 Å². The standard InChI is InChI=1S/C15H21N3O3S/c16-22(20,21)11-12-9-15(19)18(10-12)14-6-2-1-5-13(14)17-7-3-4-8-17/h1-2,5-6,12H,3-4,7-11H2,(H2,16,20,21). The van der Waals surface area contributed by atoms with Gasteiger partial charge in [0.2, 0.25) is 15.9 Å². The predicted molar refractivity (Wildman–Crippen MR) is 86.3 cm³/mol. The maximum Gasteiger partial charge on any atom is 0.227 e. The summed E-state index contributed by atoms with van der Waals surface area (Å²) in [5, 5.41) is 5.11. The summed E-state index contributed by atoms with van der Waals surface area (Å²) < 4.78 is 22.5. The Hall–Kier alpha value is -1.60. The van der Waals surface area contributed by atoms with Crippen molar-refractivity contribution in [2.75, 3.05) is 35.2 Å². The Bertz CT molecular complexity index is 668. The minimum Gasteiger partial charge on any atom is -0.370 e. The van der Waals surface area contributed by atoms with Gasteiger partial charge in [-0.25, -0.2) is 13.6 Å². The van der Waals surface area contributed by atoms with Crippen molar-refractivity contribution < 1.29 is 13.2 Å². The second-order valence-corrected chi connectivity index (χ2v) is 7.75. The van der Waals surface area contributed by atoms with Crippen LogP contribution in [0, 0.1) is 5.92 Å². The lowest BCUT2D eigenvalue weighted by Gasteiger charge is -2.26. The maximum atomic E-state index is 12.3. The Morgan fingerprint density at radius 1 is 1.14 bits per heavy atom. The van der Waals surface area contributed by atoms with Crippen molar-refractivity contribution in [3.8, 4) is 0 Å². The number of rotatable bonds is 4. The summed E-state index contributed by atoms with van der Waals surface area (Å²) in [4.78, 5) is 16.3. The van der Waals surface area contributed by atoms with Crippen molar-refractivity contribution in [1.29, 1.82) is 0 Å². The molecule has 2 heterocycles. The molecule has 6 nitrogen and oxygen atoms in total. The first kappa shape index (κ1) is 15.3. The molecule has 1 aromatic carbocycles. The highest BCUT2D eigenvalue weighted by atomic mass is 32.2. The van der Waals surface area contributed by atoms with Crippen LogP contribution < -0.4 is 14.9 Å². The second-order valence-electron chi connectivity index (χ2n) is 6.09. The molecule has 2 saturated heterocycles. The number of amides is 1. The number of sulfonamides is 1. The number of primary sulfonamides is 1. The molecule has 0 aromatic heterocycles. The second kappa shape index (κ2) is 5.89. The van der Waals surface area contributed by atoms with Gasteiger partial charge < -0.3 is 9.80 Å². The van der Waals surface area contributed by atoms with Crippen molar-refractivity contribution in [2.24, 2.45) is 11.1 Å².